The number of pyridine rings is 1. The Morgan fingerprint density at radius 3 is 3.05 bits per heavy atom. The van der Waals surface area contributed by atoms with E-state index in [9.17, 15) is 4.79 Å². The quantitative estimate of drug-likeness (QED) is 0.752. The van der Waals surface area contributed by atoms with Gasteiger partial charge in [-0.05, 0) is 25.5 Å². The minimum absolute atomic E-state index is 0.106. The Balaban J connectivity index is 1.90. The lowest BCUT2D eigenvalue weighted by atomic mass is 10.1. The number of hydrogen-bond acceptors (Lipinski definition) is 4. The standard InChI is InChI=1S/C16H22N4O/c1-2-20(14-5-6-14)11-10-19-16(21)15-7-9-18-12-13(15)4-3-8-17/h7,9,12,14H,2,5-6,8,10-11,17H2,1H3,(H,19,21). The molecule has 0 aliphatic heterocycles. The molecule has 112 valence electrons. The van der Waals surface area contributed by atoms with Crippen LogP contribution in [0.4, 0.5) is 0 Å². The van der Waals surface area contributed by atoms with Gasteiger partial charge in [0, 0.05) is 31.5 Å². The van der Waals surface area contributed by atoms with E-state index in [1.165, 1.54) is 12.8 Å². The molecule has 5 nitrogen and oxygen atoms in total. The van der Waals surface area contributed by atoms with Crippen LogP contribution in [0.25, 0.3) is 0 Å². The fraction of sp³-hybridized carbons (Fsp3) is 0.500. The molecule has 2 rings (SSSR count). The Kier molecular flexibility index (Phi) is 5.73. The number of amides is 1. The van der Waals surface area contributed by atoms with Gasteiger partial charge >= 0.3 is 0 Å². The number of nitrogens with two attached hydrogens (primary N) is 1. The van der Waals surface area contributed by atoms with Gasteiger partial charge in [-0.2, -0.15) is 0 Å². The average Bonchev–Trinajstić information content (AvgIpc) is 3.34. The summed E-state index contributed by atoms with van der Waals surface area (Å²) in [7, 11) is 0. The van der Waals surface area contributed by atoms with Crippen LogP contribution in [0.3, 0.4) is 0 Å². The van der Waals surface area contributed by atoms with Crippen molar-refractivity contribution in [1.29, 1.82) is 0 Å². The average molecular weight is 286 g/mol. The van der Waals surface area contributed by atoms with Gasteiger partial charge in [0.1, 0.15) is 0 Å². The SMILES string of the molecule is CCN(CCNC(=O)c1ccncc1C#CCN)C1CC1. The van der Waals surface area contributed by atoms with E-state index in [0.717, 1.165) is 19.1 Å². The first-order chi connectivity index (χ1) is 10.3. The molecule has 0 aromatic carbocycles. The Morgan fingerprint density at radius 2 is 2.38 bits per heavy atom. The molecule has 1 aromatic rings. The minimum atomic E-state index is -0.106. The van der Waals surface area contributed by atoms with Crippen molar-refractivity contribution in [2.45, 2.75) is 25.8 Å². The number of carbonyl (C=O) groups excluding carboxylic acids is 1. The fourth-order valence-corrected chi connectivity index (χ4v) is 2.29. The third kappa shape index (κ3) is 4.55. The number of nitrogens with zero attached hydrogens (tertiary/aromatic N) is 2. The molecule has 1 aliphatic rings. The maximum Gasteiger partial charge on any atom is 0.252 e. The van der Waals surface area contributed by atoms with Gasteiger partial charge in [0.05, 0.1) is 17.7 Å². The van der Waals surface area contributed by atoms with Crippen molar-refractivity contribution in [3.05, 3.63) is 29.6 Å². The third-order valence-electron chi connectivity index (χ3n) is 3.54. The number of carbonyl (C=O) groups is 1. The molecular formula is C16H22N4O. The van der Waals surface area contributed by atoms with E-state index in [0.29, 0.717) is 17.7 Å². The van der Waals surface area contributed by atoms with E-state index in [1.54, 1.807) is 18.5 Å². The predicted octanol–water partition coefficient (Wildman–Crippen LogP) is 0.606. The number of aromatic nitrogens is 1. The van der Waals surface area contributed by atoms with Crippen LogP contribution >= 0.6 is 0 Å². The van der Waals surface area contributed by atoms with E-state index in [1.807, 2.05) is 0 Å². The molecule has 0 spiro atoms. The molecule has 1 fully saturated rings. The van der Waals surface area contributed by atoms with Crippen LogP contribution < -0.4 is 11.1 Å². The summed E-state index contributed by atoms with van der Waals surface area (Å²) >= 11 is 0. The molecule has 0 saturated heterocycles. The first-order valence-electron chi connectivity index (χ1n) is 7.41. The first-order valence-corrected chi connectivity index (χ1v) is 7.41. The zero-order valence-corrected chi connectivity index (χ0v) is 12.4. The fourth-order valence-electron chi connectivity index (χ4n) is 2.29. The molecule has 1 saturated carbocycles. The molecular weight excluding hydrogens is 264 g/mol. The predicted molar refractivity (Wildman–Crippen MR) is 82.8 cm³/mol. The molecule has 0 bridgehead atoms. The monoisotopic (exact) mass is 286 g/mol. The highest BCUT2D eigenvalue weighted by Gasteiger charge is 2.27. The Morgan fingerprint density at radius 1 is 1.57 bits per heavy atom. The largest absolute Gasteiger partial charge is 0.351 e. The van der Waals surface area contributed by atoms with Gasteiger partial charge in [0.2, 0.25) is 0 Å². The van der Waals surface area contributed by atoms with Crippen LogP contribution in [0.1, 0.15) is 35.7 Å². The summed E-state index contributed by atoms with van der Waals surface area (Å²) in [6, 6.07) is 2.41. The van der Waals surface area contributed by atoms with E-state index in [4.69, 9.17) is 5.73 Å². The van der Waals surface area contributed by atoms with Crippen molar-refractivity contribution in [2.75, 3.05) is 26.2 Å². The molecule has 1 aliphatic carbocycles. The van der Waals surface area contributed by atoms with Gasteiger partial charge < -0.3 is 11.1 Å². The highest BCUT2D eigenvalue weighted by atomic mass is 16.1. The maximum atomic E-state index is 12.2. The molecule has 1 amide bonds. The van der Waals surface area contributed by atoms with Crippen LogP contribution in [-0.4, -0.2) is 48.0 Å². The van der Waals surface area contributed by atoms with Gasteiger partial charge in [-0.25, -0.2) is 0 Å². The smallest absolute Gasteiger partial charge is 0.252 e. The maximum absolute atomic E-state index is 12.2. The number of hydrogen-bond donors (Lipinski definition) is 2. The zero-order chi connectivity index (χ0) is 15.1. The van der Waals surface area contributed by atoms with Crippen LogP contribution in [0.2, 0.25) is 0 Å². The molecule has 5 heteroatoms. The van der Waals surface area contributed by atoms with Crippen molar-refractivity contribution in [1.82, 2.24) is 15.2 Å². The summed E-state index contributed by atoms with van der Waals surface area (Å²) < 4.78 is 0. The lowest BCUT2D eigenvalue weighted by Gasteiger charge is -2.19. The van der Waals surface area contributed by atoms with Gasteiger partial charge in [0.25, 0.3) is 5.91 Å². The van der Waals surface area contributed by atoms with Gasteiger partial charge in [-0.15, -0.1) is 0 Å². The van der Waals surface area contributed by atoms with Gasteiger partial charge in [0.15, 0.2) is 0 Å². The van der Waals surface area contributed by atoms with Gasteiger partial charge in [-0.3, -0.25) is 14.7 Å². The summed E-state index contributed by atoms with van der Waals surface area (Å²) in [6.07, 6.45) is 5.77. The van der Waals surface area contributed by atoms with E-state index < -0.39 is 0 Å². The van der Waals surface area contributed by atoms with Crippen molar-refractivity contribution >= 4 is 5.91 Å². The Hall–Kier alpha value is -1.90. The molecule has 1 aromatic heterocycles. The van der Waals surface area contributed by atoms with Crippen molar-refractivity contribution in [3.63, 3.8) is 0 Å². The molecule has 0 atom stereocenters. The summed E-state index contributed by atoms with van der Waals surface area (Å²) in [5, 5.41) is 2.96. The highest BCUT2D eigenvalue weighted by Crippen LogP contribution is 2.25. The minimum Gasteiger partial charge on any atom is -0.351 e. The van der Waals surface area contributed by atoms with E-state index in [-0.39, 0.29) is 12.5 Å². The Bertz CT molecular complexity index is 543. The lowest BCUT2D eigenvalue weighted by molar-refractivity contribution is 0.0947. The van der Waals surface area contributed by atoms with Gasteiger partial charge in [-0.1, -0.05) is 18.8 Å². The summed E-state index contributed by atoms with van der Waals surface area (Å²) in [5.41, 5.74) is 6.54. The summed E-state index contributed by atoms with van der Waals surface area (Å²) in [4.78, 5) is 18.6. The molecule has 0 radical (unpaired) electrons. The molecule has 3 N–H and O–H groups in total. The number of likely N-dealkylation sites (N-methyl/N-ethyl adjacent to an activating group) is 1. The topological polar surface area (TPSA) is 71.2 Å². The molecule has 1 heterocycles. The lowest BCUT2D eigenvalue weighted by Crippen LogP contribution is -2.36. The van der Waals surface area contributed by atoms with Crippen molar-refractivity contribution in [2.24, 2.45) is 5.73 Å². The highest BCUT2D eigenvalue weighted by molar-refractivity contribution is 5.96. The number of rotatable bonds is 6. The van der Waals surface area contributed by atoms with Crippen molar-refractivity contribution in [3.8, 4) is 11.8 Å². The normalized spacial score (nSPS) is 13.7. The Labute approximate surface area is 125 Å². The summed E-state index contributed by atoms with van der Waals surface area (Å²) in [5.74, 6) is 5.53. The van der Waals surface area contributed by atoms with Crippen LogP contribution in [0.5, 0.6) is 0 Å². The van der Waals surface area contributed by atoms with Crippen LogP contribution in [0, 0.1) is 11.8 Å². The molecule has 21 heavy (non-hydrogen) atoms. The second-order valence-electron chi connectivity index (χ2n) is 5.04. The van der Waals surface area contributed by atoms with E-state index >= 15 is 0 Å². The van der Waals surface area contributed by atoms with E-state index in [2.05, 4.69) is 34.0 Å². The third-order valence-corrected chi connectivity index (χ3v) is 3.54. The second-order valence-corrected chi connectivity index (χ2v) is 5.04. The van der Waals surface area contributed by atoms with Crippen LogP contribution in [-0.2, 0) is 0 Å². The first kappa shape index (κ1) is 15.5. The van der Waals surface area contributed by atoms with Crippen molar-refractivity contribution < 1.29 is 4.79 Å². The summed E-state index contributed by atoms with van der Waals surface area (Å²) in [6.45, 7) is 4.99. The second kappa shape index (κ2) is 7.77. The molecule has 0 unspecified atom stereocenters. The number of nitrogens with one attached hydrogen (secondary N) is 1. The van der Waals surface area contributed by atoms with Crippen LogP contribution in [0.15, 0.2) is 18.5 Å². The zero-order valence-electron chi connectivity index (χ0n) is 12.4.